The molecule has 0 aliphatic carbocycles. The van der Waals surface area contributed by atoms with E-state index >= 15 is 0 Å². The first-order valence-corrected chi connectivity index (χ1v) is 10.7. The topological polar surface area (TPSA) is 78.5 Å². The monoisotopic (exact) mass is 441 g/mol. The van der Waals surface area contributed by atoms with Gasteiger partial charge in [-0.05, 0) is 30.3 Å². The van der Waals surface area contributed by atoms with Crippen LogP contribution in [0.4, 0.5) is 0 Å². The average Bonchev–Trinajstić information content (AvgIpc) is 2.68. The Morgan fingerprint density at radius 2 is 1.68 bits per heavy atom. The van der Waals surface area contributed by atoms with Crippen LogP contribution in [0.15, 0.2) is 53.9 Å². The maximum atomic E-state index is 12.6. The number of hydrogen-bond acceptors (Lipinski definition) is 4. The van der Waals surface area contributed by atoms with Crippen molar-refractivity contribution in [2.45, 2.75) is 18.7 Å². The first-order valence-electron chi connectivity index (χ1n) is 8.51. The lowest BCUT2D eigenvalue weighted by molar-refractivity contribution is 0.0942. The van der Waals surface area contributed by atoms with E-state index in [2.05, 4.69) is 17.4 Å². The highest BCUT2D eigenvalue weighted by molar-refractivity contribution is 7.89. The molecule has 0 saturated heterocycles. The molecule has 0 aliphatic heterocycles. The predicted octanol–water partition coefficient (Wildman–Crippen LogP) is 3.93. The molecule has 2 N–H and O–H groups in total. The lowest BCUT2D eigenvalue weighted by Gasteiger charge is -2.18. The first kappa shape index (κ1) is 22.2. The lowest BCUT2D eigenvalue weighted by Crippen LogP contribution is -2.36. The van der Waals surface area contributed by atoms with Crippen molar-refractivity contribution in [1.29, 1.82) is 0 Å². The molecule has 2 rings (SSSR count). The third kappa shape index (κ3) is 5.05. The van der Waals surface area contributed by atoms with Crippen LogP contribution in [0.2, 0.25) is 10.0 Å². The average molecular weight is 442 g/mol. The molecule has 9 heteroatoms. The Morgan fingerprint density at radius 1 is 1.00 bits per heavy atom. The first-order chi connectivity index (χ1) is 13.2. The summed E-state index contributed by atoms with van der Waals surface area (Å²) in [6.45, 7) is 8.05. The van der Waals surface area contributed by atoms with Gasteiger partial charge in [0.25, 0.3) is 5.91 Å². The zero-order chi connectivity index (χ0) is 20.9. The minimum atomic E-state index is -3.65. The number of carbonyl (C=O) groups is 1. The number of nitrogens with zero attached hydrogens (tertiary/aromatic N) is 1. The van der Waals surface area contributed by atoms with Gasteiger partial charge in [-0.2, -0.15) is 4.31 Å². The maximum absolute atomic E-state index is 12.6. The summed E-state index contributed by atoms with van der Waals surface area (Å²) in [5.41, 5.74) is 6.43. The number of hydrogen-bond donors (Lipinski definition) is 2. The summed E-state index contributed by atoms with van der Waals surface area (Å²) in [5, 5.41) is 0.774. The normalized spacial score (nSPS) is 11.3. The summed E-state index contributed by atoms with van der Waals surface area (Å²) in [6, 6.07) is 10.8. The van der Waals surface area contributed by atoms with Gasteiger partial charge in [-0.1, -0.05) is 55.8 Å². The van der Waals surface area contributed by atoms with E-state index in [-0.39, 0.29) is 10.5 Å². The number of benzene rings is 2. The van der Waals surface area contributed by atoms with Gasteiger partial charge in [0.05, 0.1) is 20.6 Å². The van der Waals surface area contributed by atoms with Crippen LogP contribution in [0, 0.1) is 0 Å². The van der Waals surface area contributed by atoms with Gasteiger partial charge >= 0.3 is 0 Å². The SMILES string of the molecule is C=C(NNC(=O)c1cccc(S(=O)(=O)N(CC)CC)c1)c1ccc(Cl)c(Cl)c1. The molecule has 0 radical (unpaired) electrons. The van der Waals surface area contributed by atoms with Crippen molar-refractivity contribution in [3.8, 4) is 0 Å². The summed E-state index contributed by atoms with van der Waals surface area (Å²) in [5.74, 6) is -0.502. The highest BCUT2D eigenvalue weighted by atomic mass is 35.5. The number of halogens is 2. The van der Waals surface area contributed by atoms with E-state index in [9.17, 15) is 13.2 Å². The Labute approximate surface area is 175 Å². The molecular weight excluding hydrogens is 421 g/mol. The molecule has 0 unspecified atom stereocenters. The fraction of sp³-hybridized carbons (Fsp3) is 0.211. The molecule has 2 aromatic rings. The molecule has 150 valence electrons. The lowest BCUT2D eigenvalue weighted by atomic mass is 10.2. The standard InChI is InChI=1S/C19H21Cl2N3O3S/c1-4-24(5-2)28(26,27)16-8-6-7-15(11-16)19(25)23-22-13(3)14-9-10-17(20)18(21)12-14/h6-12,22H,3-5H2,1-2H3,(H,23,25). The van der Waals surface area contributed by atoms with Crippen molar-refractivity contribution < 1.29 is 13.2 Å². The molecule has 0 aromatic heterocycles. The second-order valence-corrected chi connectivity index (χ2v) is 8.56. The molecule has 0 atom stereocenters. The minimum absolute atomic E-state index is 0.0622. The van der Waals surface area contributed by atoms with Gasteiger partial charge in [-0.15, -0.1) is 0 Å². The van der Waals surface area contributed by atoms with E-state index in [4.69, 9.17) is 23.2 Å². The molecule has 2 aromatic carbocycles. The number of rotatable bonds is 8. The van der Waals surface area contributed by atoms with Crippen LogP contribution in [-0.2, 0) is 10.0 Å². The molecule has 0 saturated carbocycles. The summed E-state index contributed by atoms with van der Waals surface area (Å²) >= 11 is 11.9. The Bertz CT molecular complexity index is 990. The molecule has 0 bridgehead atoms. The summed E-state index contributed by atoms with van der Waals surface area (Å²) in [4.78, 5) is 12.5. The van der Waals surface area contributed by atoms with Crippen LogP contribution in [-0.4, -0.2) is 31.7 Å². The van der Waals surface area contributed by atoms with Crippen LogP contribution in [0.1, 0.15) is 29.8 Å². The Balaban J connectivity index is 2.13. The smallest absolute Gasteiger partial charge is 0.269 e. The molecule has 0 spiro atoms. The number of nitrogens with one attached hydrogen (secondary N) is 2. The largest absolute Gasteiger partial charge is 0.298 e. The van der Waals surface area contributed by atoms with E-state index in [0.717, 1.165) is 0 Å². The van der Waals surface area contributed by atoms with E-state index in [0.29, 0.717) is 34.4 Å². The summed E-state index contributed by atoms with van der Waals surface area (Å²) < 4.78 is 26.6. The Hall–Kier alpha value is -2.06. The molecular formula is C19H21Cl2N3O3S. The fourth-order valence-electron chi connectivity index (χ4n) is 2.47. The van der Waals surface area contributed by atoms with Crippen LogP contribution >= 0.6 is 23.2 Å². The highest BCUT2D eigenvalue weighted by Crippen LogP contribution is 2.24. The van der Waals surface area contributed by atoms with Gasteiger partial charge < -0.3 is 0 Å². The molecule has 0 fully saturated rings. The van der Waals surface area contributed by atoms with Gasteiger partial charge in [0, 0.05) is 24.2 Å². The number of carbonyl (C=O) groups excluding carboxylic acids is 1. The highest BCUT2D eigenvalue weighted by Gasteiger charge is 2.22. The second kappa shape index (κ2) is 9.43. The number of hydrazine groups is 1. The third-order valence-corrected chi connectivity index (χ3v) is 6.82. The third-order valence-electron chi connectivity index (χ3n) is 4.03. The van der Waals surface area contributed by atoms with Gasteiger partial charge in [-0.3, -0.25) is 15.6 Å². The van der Waals surface area contributed by atoms with Crippen molar-refractivity contribution in [1.82, 2.24) is 15.2 Å². The summed E-state index contributed by atoms with van der Waals surface area (Å²) in [6.07, 6.45) is 0. The molecule has 0 heterocycles. The second-order valence-electron chi connectivity index (χ2n) is 5.80. The summed E-state index contributed by atoms with van der Waals surface area (Å²) in [7, 11) is -3.65. The van der Waals surface area contributed by atoms with Crippen molar-refractivity contribution in [3.05, 3.63) is 70.2 Å². The van der Waals surface area contributed by atoms with Crippen LogP contribution in [0.25, 0.3) is 5.70 Å². The Morgan fingerprint density at radius 3 is 2.29 bits per heavy atom. The van der Waals surface area contributed by atoms with Crippen molar-refractivity contribution >= 4 is 44.8 Å². The quantitative estimate of drug-likeness (QED) is 0.608. The van der Waals surface area contributed by atoms with Gasteiger partial charge in [-0.25, -0.2) is 8.42 Å². The van der Waals surface area contributed by atoms with Gasteiger partial charge in [0.2, 0.25) is 10.0 Å². The molecule has 28 heavy (non-hydrogen) atoms. The van der Waals surface area contributed by atoms with E-state index in [1.807, 2.05) is 0 Å². The molecule has 1 amide bonds. The molecule has 0 aliphatic rings. The zero-order valence-electron chi connectivity index (χ0n) is 15.5. The fourth-order valence-corrected chi connectivity index (χ4v) is 4.27. The van der Waals surface area contributed by atoms with Crippen molar-refractivity contribution in [2.75, 3.05) is 13.1 Å². The number of sulfonamides is 1. The zero-order valence-corrected chi connectivity index (χ0v) is 17.8. The van der Waals surface area contributed by atoms with E-state index in [1.54, 1.807) is 32.0 Å². The van der Waals surface area contributed by atoms with E-state index in [1.165, 1.54) is 28.6 Å². The van der Waals surface area contributed by atoms with Crippen molar-refractivity contribution in [2.24, 2.45) is 0 Å². The van der Waals surface area contributed by atoms with Crippen LogP contribution < -0.4 is 10.9 Å². The van der Waals surface area contributed by atoms with Gasteiger partial charge in [0.15, 0.2) is 0 Å². The predicted molar refractivity (Wildman–Crippen MR) is 113 cm³/mol. The van der Waals surface area contributed by atoms with Crippen LogP contribution in [0.3, 0.4) is 0 Å². The van der Waals surface area contributed by atoms with E-state index < -0.39 is 15.9 Å². The maximum Gasteiger partial charge on any atom is 0.269 e. The van der Waals surface area contributed by atoms with Crippen molar-refractivity contribution in [3.63, 3.8) is 0 Å². The Kier molecular flexibility index (Phi) is 7.48. The number of amides is 1. The minimum Gasteiger partial charge on any atom is -0.298 e. The van der Waals surface area contributed by atoms with Crippen LogP contribution in [0.5, 0.6) is 0 Å². The molecule has 6 nitrogen and oxygen atoms in total. The van der Waals surface area contributed by atoms with Gasteiger partial charge in [0.1, 0.15) is 0 Å².